The Morgan fingerprint density at radius 2 is 2.00 bits per heavy atom. The smallest absolute Gasteiger partial charge is 0.201 e. The quantitative estimate of drug-likeness (QED) is 0.684. The lowest BCUT2D eigenvalue weighted by atomic mass is 10.2. The number of hydrogen-bond donors (Lipinski definition) is 1. The van der Waals surface area contributed by atoms with E-state index in [4.69, 9.17) is 0 Å². The van der Waals surface area contributed by atoms with Crippen LogP contribution in [0.1, 0.15) is 10.4 Å². The van der Waals surface area contributed by atoms with Crippen LogP contribution in [0.2, 0.25) is 0 Å². The zero-order valence-electron chi connectivity index (χ0n) is 10.0. The number of nitrogens with zero attached hydrogens (tertiary/aromatic N) is 3. The third-order valence-corrected chi connectivity index (χ3v) is 2.79. The van der Waals surface area contributed by atoms with Crippen molar-refractivity contribution in [3.63, 3.8) is 0 Å². The summed E-state index contributed by atoms with van der Waals surface area (Å²) in [7, 11) is 0. The zero-order chi connectivity index (χ0) is 14.1. The minimum Gasteiger partial charge on any atom is -0.545 e. The molecule has 20 heavy (non-hydrogen) atoms. The Kier molecular flexibility index (Phi) is 2.72. The largest absolute Gasteiger partial charge is 0.545 e. The first-order valence-electron chi connectivity index (χ1n) is 5.67. The molecule has 0 atom stereocenters. The predicted octanol–water partition coefficient (Wildman–Crippen LogP) is -0.256. The Hall–Kier alpha value is -3.09. The number of H-pyrrole nitrogens is 1. The summed E-state index contributed by atoms with van der Waals surface area (Å²) >= 11 is 0. The van der Waals surface area contributed by atoms with E-state index in [9.17, 15) is 14.7 Å². The van der Waals surface area contributed by atoms with E-state index in [1.807, 2.05) is 0 Å². The Bertz CT molecular complexity index is 858. The summed E-state index contributed by atoms with van der Waals surface area (Å²) in [6.07, 6.45) is 5.57. The van der Waals surface area contributed by atoms with Gasteiger partial charge in [-0.05, 0) is 12.1 Å². The normalized spacial score (nSPS) is 10.6. The van der Waals surface area contributed by atoms with E-state index in [1.54, 1.807) is 24.5 Å². The van der Waals surface area contributed by atoms with Crippen molar-refractivity contribution in [1.29, 1.82) is 0 Å². The lowest BCUT2D eigenvalue weighted by Gasteiger charge is -2.04. The average molecular weight is 267 g/mol. The predicted molar refractivity (Wildman–Crippen MR) is 67.7 cm³/mol. The van der Waals surface area contributed by atoms with Gasteiger partial charge in [0.25, 0.3) is 0 Å². The van der Waals surface area contributed by atoms with Crippen LogP contribution in [0.3, 0.4) is 0 Å². The van der Waals surface area contributed by atoms with E-state index in [-0.39, 0.29) is 11.0 Å². The maximum absolute atomic E-state index is 11.9. The van der Waals surface area contributed by atoms with Crippen LogP contribution in [0.25, 0.3) is 22.4 Å². The van der Waals surface area contributed by atoms with Crippen molar-refractivity contribution < 1.29 is 9.90 Å². The summed E-state index contributed by atoms with van der Waals surface area (Å²) in [5.41, 5.74) is -0.105. The molecule has 3 heterocycles. The van der Waals surface area contributed by atoms with Gasteiger partial charge in [0.15, 0.2) is 5.82 Å². The van der Waals surface area contributed by atoms with Gasteiger partial charge in [-0.1, -0.05) is 0 Å². The van der Waals surface area contributed by atoms with E-state index >= 15 is 0 Å². The van der Waals surface area contributed by atoms with E-state index < -0.39 is 17.0 Å². The molecule has 0 aliphatic rings. The highest BCUT2D eigenvalue weighted by molar-refractivity contribution is 5.90. The van der Waals surface area contributed by atoms with Crippen LogP contribution in [-0.2, 0) is 0 Å². The van der Waals surface area contributed by atoms with Crippen LogP contribution in [0.4, 0.5) is 0 Å². The molecule has 0 bridgehead atoms. The summed E-state index contributed by atoms with van der Waals surface area (Å²) in [5, 5.41) is 10.9. The van der Waals surface area contributed by atoms with Crippen molar-refractivity contribution in [2.24, 2.45) is 0 Å². The Morgan fingerprint density at radius 3 is 2.70 bits per heavy atom. The number of aromatic amines is 1. The maximum Gasteiger partial charge on any atom is 0.201 e. The SMILES string of the molecule is O=C([O-])c1c[nH]c2nc(-c3ccncc3)ncc2c1=O. The molecule has 0 fully saturated rings. The Labute approximate surface area is 112 Å². The lowest BCUT2D eigenvalue weighted by Crippen LogP contribution is -2.29. The molecule has 0 unspecified atom stereocenters. The molecule has 0 saturated carbocycles. The minimum atomic E-state index is -1.54. The fourth-order valence-corrected chi connectivity index (χ4v) is 1.80. The Morgan fingerprint density at radius 1 is 1.25 bits per heavy atom. The Balaban J connectivity index is 2.22. The molecule has 3 aromatic heterocycles. The molecule has 98 valence electrons. The summed E-state index contributed by atoms with van der Waals surface area (Å²) in [6, 6.07) is 3.46. The lowest BCUT2D eigenvalue weighted by molar-refractivity contribution is -0.255. The number of aromatic nitrogens is 4. The third-order valence-electron chi connectivity index (χ3n) is 2.79. The van der Waals surface area contributed by atoms with Gasteiger partial charge in [0, 0.05) is 30.4 Å². The first kappa shape index (κ1) is 12.0. The summed E-state index contributed by atoms with van der Waals surface area (Å²) in [6.45, 7) is 0. The minimum absolute atomic E-state index is 0.101. The topological polar surface area (TPSA) is 112 Å². The molecular weight excluding hydrogens is 260 g/mol. The van der Waals surface area contributed by atoms with Crippen LogP contribution in [0, 0.1) is 0 Å². The molecule has 1 N–H and O–H groups in total. The zero-order valence-corrected chi connectivity index (χ0v) is 10.0. The summed E-state index contributed by atoms with van der Waals surface area (Å²) in [4.78, 5) is 37.5. The molecule has 0 saturated heterocycles. The number of aromatic carboxylic acids is 1. The highest BCUT2D eigenvalue weighted by Crippen LogP contribution is 2.14. The van der Waals surface area contributed by atoms with Gasteiger partial charge in [-0.25, -0.2) is 9.97 Å². The van der Waals surface area contributed by atoms with Gasteiger partial charge in [-0.2, -0.15) is 0 Å². The van der Waals surface area contributed by atoms with E-state index in [2.05, 4.69) is 19.9 Å². The fraction of sp³-hybridized carbons (Fsp3) is 0. The van der Waals surface area contributed by atoms with E-state index in [0.717, 1.165) is 11.8 Å². The van der Waals surface area contributed by atoms with Crippen LogP contribution in [0.5, 0.6) is 0 Å². The van der Waals surface area contributed by atoms with Crippen molar-refractivity contribution >= 4 is 17.0 Å². The first-order valence-corrected chi connectivity index (χ1v) is 5.67. The van der Waals surface area contributed by atoms with Gasteiger partial charge >= 0.3 is 0 Å². The number of nitrogens with one attached hydrogen (secondary N) is 1. The molecule has 0 aliphatic carbocycles. The number of fused-ring (bicyclic) bond motifs is 1. The third kappa shape index (κ3) is 1.91. The molecule has 3 aromatic rings. The van der Waals surface area contributed by atoms with Crippen molar-refractivity contribution in [3.05, 3.63) is 52.7 Å². The van der Waals surface area contributed by atoms with Gasteiger partial charge in [0.2, 0.25) is 5.43 Å². The van der Waals surface area contributed by atoms with Gasteiger partial charge in [0.1, 0.15) is 5.65 Å². The van der Waals surface area contributed by atoms with Crippen LogP contribution < -0.4 is 10.5 Å². The molecule has 3 rings (SSSR count). The molecular formula is C13H7N4O3-. The van der Waals surface area contributed by atoms with E-state index in [0.29, 0.717) is 5.82 Å². The number of carbonyl (C=O) groups is 1. The van der Waals surface area contributed by atoms with Gasteiger partial charge in [0.05, 0.1) is 16.9 Å². The number of carboxylic acid groups (broad SMARTS) is 1. The monoisotopic (exact) mass is 267 g/mol. The molecule has 7 heteroatoms. The number of carbonyl (C=O) groups excluding carboxylic acids is 1. The maximum atomic E-state index is 11.9. The number of carboxylic acids is 1. The number of hydrogen-bond acceptors (Lipinski definition) is 6. The summed E-state index contributed by atoms with van der Waals surface area (Å²) < 4.78 is 0. The molecule has 0 aliphatic heterocycles. The van der Waals surface area contributed by atoms with E-state index in [1.165, 1.54) is 6.20 Å². The number of rotatable bonds is 2. The number of pyridine rings is 2. The van der Waals surface area contributed by atoms with Crippen molar-refractivity contribution in [2.45, 2.75) is 0 Å². The first-order chi connectivity index (χ1) is 9.66. The van der Waals surface area contributed by atoms with Gasteiger partial charge in [-0.3, -0.25) is 9.78 Å². The van der Waals surface area contributed by atoms with Crippen LogP contribution in [0.15, 0.2) is 41.7 Å². The van der Waals surface area contributed by atoms with Crippen LogP contribution >= 0.6 is 0 Å². The highest BCUT2D eigenvalue weighted by atomic mass is 16.4. The average Bonchev–Trinajstić information content (AvgIpc) is 2.48. The molecule has 0 aromatic carbocycles. The van der Waals surface area contributed by atoms with Crippen LogP contribution in [-0.4, -0.2) is 25.9 Å². The standard InChI is InChI=1S/C13H8N4O3/c18-10-8-5-15-11(7-1-3-14-4-2-7)17-12(8)16-6-9(10)13(19)20/h1-6H,(H,19,20)(H,15,16,17,18)/p-1. The summed E-state index contributed by atoms with van der Waals surface area (Å²) in [5.74, 6) is -1.12. The van der Waals surface area contributed by atoms with Crippen molar-refractivity contribution in [3.8, 4) is 11.4 Å². The molecule has 0 radical (unpaired) electrons. The van der Waals surface area contributed by atoms with Gasteiger partial charge < -0.3 is 14.9 Å². The second kappa shape index (κ2) is 4.54. The van der Waals surface area contributed by atoms with Crippen molar-refractivity contribution in [1.82, 2.24) is 19.9 Å². The van der Waals surface area contributed by atoms with Crippen molar-refractivity contribution in [2.75, 3.05) is 0 Å². The molecule has 7 nitrogen and oxygen atoms in total. The van der Waals surface area contributed by atoms with Gasteiger partial charge in [-0.15, -0.1) is 0 Å². The molecule has 0 spiro atoms. The highest BCUT2D eigenvalue weighted by Gasteiger charge is 2.09. The second-order valence-electron chi connectivity index (χ2n) is 4.01. The molecule has 0 amide bonds. The second-order valence-corrected chi connectivity index (χ2v) is 4.01. The fourth-order valence-electron chi connectivity index (χ4n) is 1.80.